The van der Waals surface area contributed by atoms with Gasteiger partial charge in [0, 0.05) is 35.9 Å². The molecular formula is C21H18ClN5O. The average Bonchev–Trinajstić information content (AvgIpc) is 3.10. The molecule has 0 radical (unpaired) electrons. The molecule has 0 fully saturated rings. The van der Waals surface area contributed by atoms with Gasteiger partial charge in [-0.2, -0.15) is 4.98 Å². The first-order chi connectivity index (χ1) is 13.5. The molecule has 0 saturated heterocycles. The van der Waals surface area contributed by atoms with Crippen LogP contribution in [0.25, 0.3) is 16.9 Å². The molecule has 7 heteroatoms. The minimum atomic E-state index is -0.0384. The van der Waals surface area contributed by atoms with E-state index >= 15 is 0 Å². The maximum Gasteiger partial charge on any atom is 0.253 e. The van der Waals surface area contributed by atoms with Crippen molar-refractivity contribution in [2.45, 2.75) is 0 Å². The maximum absolute atomic E-state index is 12.0. The van der Waals surface area contributed by atoms with Crippen LogP contribution in [0.15, 0.2) is 66.7 Å². The van der Waals surface area contributed by atoms with Gasteiger partial charge in [0.25, 0.3) is 5.91 Å². The first-order valence-corrected chi connectivity index (χ1v) is 9.09. The van der Waals surface area contributed by atoms with Gasteiger partial charge in [-0.1, -0.05) is 29.8 Å². The van der Waals surface area contributed by atoms with Gasteiger partial charge in [0.1, 0.15) is 0 Å². The van der Waals surface area contributed by atoms with Crippen LogP contribution in [0.2, 0.25) is 5.02 Å². The number of nitrogens with zero attached hydrogens (tertiary/aromatic N) is 4. The van der Waals surface area contributed by atoms with Crippen molar-refractivity contribution in [3.05, 3.63) is 77.3 Å². The Labute approximate surface area is 167 Å². The van der Waals surface area contributed by atoms with Gasteiger partial charge in [-0.15, -0.1) is 5.10 Å². The number of anilines is 2. The van der Waals surface area contributed by atoms with Crippen molar-refractivity contribution < 1.29 is 4.79 Å². The van der Waals surface area contributed by atoms with Crippen molar-refractivity contribution in [3.8, 4) is 11.3 Å². The summed E-state index contributed by atoms with van der Waals surface area (Å²) >= 11 is 6.13. The van der Waals surface area contributed by atoms with Gasteiger partial charge in [0.05, 0.1) is 5.69 Å². The molecule has 2 aromatic heterocycles. The third-order valence-corrected chi connectivity index (χ3v) is 4.51. The van der Waals surface area contributed by atoms with Crippen molar-refractivity contribution in [2.75, 3.05) is 19.4 Å². The lowest BCUT2D eigenvalue weighted by Gasteiger charge is -2.10. The summed E-state index contributed by atoms with van der Waals surface area (Å²) in [6.07, 6.45) is 0. The quantitative estimate of drug-likeness (QED) is 0.556. The number of hydrogen-bond donors (Lipinski definition) is 1. The number of carbonyl (C=O) groups is 1. The molecule has 0 bridgehead atoms. The van der Waals surface area contributed by atoms with E-state index in [1.165, 1.54) is 0 Å². The number of carbonyl (C=O) groups excluding carboxylic acids is 1. The molecule has 0 aliphatic carbocycles. The van der Waals surface area contributed by atoms with Crippen LogP contribution in [0.4, 0.5) is 11.6 Å². The number of nitrogens with one attached hydrogen (secondary N) is 1. The van der Waals surface area contributed by atoms with Gasteiger partial charge in [0.2, 0.25) is 5.95 Å². The molecule has 2 aromatic carbocycles. The summed E-state index contributed by atoms with van der Waals surface area (Å²) in [4.78, 5) is 18.1. The van der Waals surface area contributed by atoms with Crippen molar-refractivity contribution in [1.29, 1.82) is 0 Å². The number of amides is 1. The number of benzene rings is 2. The molecule has 4 rings (SSSR count). The van der Waals surface area contributed by atoms with Gasteiger partial charge in [-0.05, 0) is 48.5 Å². The minimum Gasteiger partial charge on any atom is -0.345 e. The average molecular weight is 392 g/mol. The SMILES string of the molecule is CN(C)C(=O)c1ccc(Nc2nc3cccc(-c4cccc(Cl)c4)n3n2)cc1. The van der Waals surface area contributed by atoms with Gasteiger partial charge >= 0.3 is 0 Å². The molecular weight excluding hydrogens is 374 g/mol. The summed E-state index contributed by atoms with van der Waals surface area (Å²) in [5.41, 5.74) is 4.00. The highest BCUT2D eigenvalue weighted by Gasteiger charge is 2.11. The summed E-state index contributed by atoms with van der Waals surface area (Å²) in [5, 5.41) is 8.43. The Morgan fingerprint density at radius 2 is 1.79 bits per heavy atom. The monoisotopic (exact) mass is 391 g/mol. The number of fused-ring (bicyclic) bond motifs is 1. The zero-order valence-electron chi connectivity index (χ0n) is 15.4. The van der Waals surface area contributed by atoms with E-state index < -0.39 is 0 Å². The second kappa shape index (κ2) is 7.32. The van der Waals surface area contributed by atoms with E-state index in [-0.39, 0.29) is 5.91 Å². The van der Waals surface area contributed by atoms with Crippen LogP contribution in [0.3, 0.4) is 0 Å². The number of hydrogen-bond acceptors (Lipinski definition) is 4. The lowest BCUT2D eigenvalue weighted by Crippen LogP contribution is -2.21. The first-order valence-electron chi connectivity index (χ1n) is 8.72. The minimum absolute atomic E-state index is 0.0384. The lowest BCUT2D eigenvalue weighted by molar-refractivity contribution is 0.0827. The predicted molar refractivity (Wildman–Crippen MR) is 111 cm³/mol. The Hall–Kier alpha value is -3.38. The molecule has 1 amide bonds. The van der Waals surface area contributed by atoms with Crippen LogP contribution in [0.5, 0.6) is 0 Å². The van der Waals surface area contributed by atoms with Crippen molar-refractivity contribution in [1.82, 2.24) is 19.5 Å². The summed E-state index contributed by atoms with van der Waals surface area (Å²) in [6.45, 7) is 0. The molecule has 2 heterocycles. The highest BCUT2D eigenvalue weighted by atomic mass is 35.5. The highest BCUT2D eigenvalue weighted by Crippen LogP contribution is 2.24. The van der Waals surface area contributed by atoms with Gasteiger partial charge in [-0.25, -0.2) is 4.52 Å². The van der Waals surface area contributed by atoms with Crippen molar-refractivity contribution in [3.63, 3.8) is 0 Å². The molecule has 0 saturated carbocycles. The molecule has 4 aromatic rings. The molecule has 0 aliphatic heterocycles. The van der Waals surface area contributed by atoms with Crippen LogP contribution in [0, 0.1) is 0 Å². The van der Waals surface area contributed by atoms with Crippen LogP contribution < -0.4 is 5.32 Å². The summed E-state index contributed by atoms with van der Waals surface area (Å²) < 4.78 is 1.78. The fourth-order valence-corrected chi connectivity index (χ4v) is 3.10. The molecule has 6 nitrogen and oxygen atoms in total. The van der Waals surface area contributed by atoms with E-state index in [1.54, 1.807) is 35.6 Å². The number of aromatic nitrogens is 3. The van der Waals surface area contributed by atoms with E-state index in [9.17, 15) is 4.79 Å². The van der Waals surface area contributed by atoms with Gasteiger partial charge in [-0.3, -0.25) is 4.79 Å². The van der Waals surface area contributed by atoms with Gasteiger partial charge < -0.3 is 10.2 Å². The standard InChI is InChI=1S/C21H18ClN5O/c1-26(2)20(28)14-9-11-17(12-10-14)23-21-24-19-8-4-7-18(27(19)25-21)15-5-3-6-16(22)13-15/h3-13H,1-2H3,(H,23,25). The van der Waals surface area contributed by atoms with Crippen molar-refractivity contribution in [2.24, 2.45) is 0 Å². The summed E-state index contributed by atoms with van der Waals surface area (Å²) in [6, 6.07) is 20.6. The Balaban J connectivity index is 1.64. The normalized spacial score (nSPS) is 10.8. The Bertz CT molecular complexity index is 1150. The second-order valence-electron chi connectivity index (χ2n) is 6.53. The maximum atomic E-state index is 12.0. The van der Waals surface area contributed by atoms with E-state index in [4.69, 9.17) is 11.6 Å². The van der Waals surface area contributed by atoms with Crippen LogP contribution in [-0.2, 0) is 0 Å². The van der Waals surface area contributed by atoms with Crippen molar-refractivity contribution >= 4 is 34.8 Å². The fourth-order valence-electron chi connectivity index (χ4n) is 2.91. The molecule has 0 aliphatic rings. The zero-order chi connectivity index (χ0) is 19.7. The number of pyridine rings is 1. The molecule has 28 heavy (non-hydrogen) atoms. The molecule has 0 atom stereocenters. The zero-order valence-corrected chi connectivity index (χ0v) is 16.2. The second-order valence-corrected chi connectivity index (χ2v) is 6.97. The summed E-state index contributed by atoms with van der Waals surface area (Å²) in [7, 11) is 3.46. The molecule has 1 N–H and O–H groups in total. The Kier molecular flexibility index (Phi) is 4.71. The van der Waals surface area contributed by atoms with Crippen LogP contribution in [0.1, 0.15) is 10.4 Å². The fraction of sp³-hybridized carbons (Fsp3) is 0.0952. The molecule has 0 spiro atoms. The number of halogens is 1. The molecule has 0 unspecified atom stereocenters. The first kappa shape index (κ1) is 18.0. The third kappa shape index (κ3) is 3.54. The predicted octanol–water partition coefficient (Wildman–Crippen LogP) is 4.50. The molecule has 140 valence electrons. The third-order valence-electron chi connectivity index (χ3n) is 4.27. The number of rotatable bonds is 4. The van der Waals surface area contributed by atoms with E-state index in [0.29, 0.717) is 16.5 Å². The van der Waals surface area contributed by atoms with Gasteiger partial charge in [0.15, 0.2) is 5.65 Å². The van der Waals surface area contributed by atoms with E-state index in [2.05, 4.69) is 15.4 Å². The van der Waals surface area contributed by atoms with Crippen LogP contribution >= 0.6 is 11.6 Å². The Morgan fingerprint density at radius 3 is 2.50 bits per heavy atom. The smallest absolute Gasteiger partial charge is 0.253 e. The highest BCUT2D eigenvalue weighted by molar-refractivity contribution is 6.30. The summed E-state index contributed by atoms with van der Waals surface area (Å²) in [5.74, 6) is 0.435. The lowest BCUT2D eigenvalue weighted by atomic mass is 10.1. The topological polar surface area (TPSA) is 62.5 Å². The Morgan fingerprint density at radius 1 is 1.04 bits per heavy atom. The van der Waals surface area contributed by atoms with E-state index in [1.807, 2.05) is 54.6 Å². The largest absolute Gasteiger partial charge is 0.345 e. The van der Waals surface area contributed by atoms with Crippen LogP contribution in [-0.4, -0.2) is 39.5 Å². The van der Waals surface area contributed by atoms with E-state index in [0.717, 1.165) is 22.6 Å².